The Kier molecular flexibility index (Phi) is 5.53. The van der Waals surface area contributed by atoms with E-state index in [2.05, 4.69) is 31.2 Å². The van der Waals surface area contributed by atoms with Gasteiger partial charge in [0, 0.05) is 19.0 Å². The molecule has 0 rings (SSSR count). The van der Waals surface area contributed by atoms with E-state index in [-0.39, 0.29) is 11.9 Å². The van der Waals surface area contributed by atoms with Gasteiger partial charge in [0.2, 0.25) is 0 Å². The van der Waals surface area contributed by atoms with Gasteiger partial charge in [-0.1, -0.05) is 25.9 Å². The van der Waals surface area contributed by atoms with Gasteiger partial charge in [-0.25, -0.2) is 0 Å². The number of hydrogen-bond donors (Lipinski definition) is 3. The molecule has 0 aliphatic rings. The van der Waals surface area contributed by atoms with Gasteiger partial charge in [0.1, 0.15) is 5.84 Å². The van der Waals surface area contributed by atoms with Gasteiger partial charge in [0.05, 0.1) is 0 Å². The van der Waals surface area contributed by atoms with Crippen molar-refractivity contribution in [2.75, 3.05) is 6.54 Å². The minimum absolute atomic E-state index is 0.247. The normalized spacial score (nSPS) is 15.6. The fraction of sp³-hybridized carbons (Fsp3) is 0.900. The smallest absolute Gasteiger partial charge is 0.140 e. The molecule has 84 valence electrons. The van der Waals surface area contributed by atoms with E-state index in [1.54, 1.807) is 0 Å². The van der Waals surface area contributed by atoms with E-state index in [1.807, 2.05) is 6.92 Å². The zero-order valence-corrected chi connectivity index (χ0v) is 9.67. The molecular formula is C10H23N3O. The highest BCUT2D eigenvalue weighted by Gasteiger charge is 2.16. The fourth-order valence-corrected chi connectivity index (χ4v) is 1.00. The Morgan fingerprint density at radius 1 is 1.57 bits per heavy atom. The second kappa shape index (κ2) is 5.86. The molecule has 4 N–H and O–H groups in total. The van der Waals surface area contributed by atoms with Gasteiger partial charge in [0.15, 0.2) is 0 Å². The van der Waals surface area contributed by atoms with Crippen molar-refractivity contribution < 1.29 is 5.21 Å². The maximum Gasteiger partial charge on any atom is 0.140 e. The number of amidine groups is 1. The van der Waals surface area contributed by atoms with Crippen LogP contribution in [-0.4, -0.2) is 23.6 Å². The Morgan fingerprint density at radius 3 is 2.57 bits per heavy atom. The summed E-state index contributed by atoms with van der Waals surface area (Å²) in [5.74, 6) is 0.277. The summed E-state index contributed by atoms with van der Waals surface area (Å²) in [7, 11) is 0. The van der Waals surface area contributed by atoms with Gasteiger partial charge in [-0.2, -0.15) is 0 Å². The number of rotatable bonds is 6. The predicted octanol–water partition coefficient (Wildman–Crippen LogP) is 1.54. The molecule has 0 aromatic rings. The van der Waals surface area contributed by atoms with Crippen molar-refractivity contribution in [3.05, 3.63) is 0 Å². The maximum atomic E-state index is 8.39. The first-order valence-electron chi connectivity index (χ1n) is 5.11. The Morgan fingerprint density at radius 2 is 2.14 bits per heavy atom. The topological polar surface area (TPSA) is 70.6 Å². The summed E-state index contributed by atoms with van der Waals surface area (Å²) in [4.78, 5) is 0. The molecule has 14 heavy (non-hydrogen) atoms. The van der Waals surface area contributed by atoms with Gasteiger partial charge in [-0.15, -0.1) is 0 Å². The standard InChI is InChI=1S/C10H23N3O/c1-5-10(3,4)7-12-8(2)6-9(11)13-14/h8,12,14H,5-7H2,1-4H3,(H2,11,13). The first-order valence-corrected chi connectivity index (χ1v) is 5.11. The third kappa shape index (κ3) is 5.80. The molecule has 0 radical (unpaired) electrons. The van der Waals surface area contributed by atoms with Crippen molar-refractivity contribution in [1.82, 2.24) is 5.32 Å². The van der Waals surface area contributed by atoms with Gasteiger partial charge in [-0.05, 0) is 18.8 Å². The zero-order chi connectivity index (χ0) is 11.2. The van der Waals surface area contributed by atoms with E-state index in [9.17, 15) is 0 Å². The molecule has 1 unspecified atom stereocenters. The quantitative estimate of drug-likeness (QED) is 0.264. The minimum Gasteiger partial charge on any atom is -0.409 e. The molecule has 0 aromatic heterocycles. The summed E-state index contributed by atoms with van der Waals surface area (Å²) in [5.41, 5.74) is 5.71. The second-order valence-corrected chi connectivity index (χ2v) is 4.60. The van der Waals surface area contributed by atoms with Crippen LogP contribution in [0.5, 0.6) is 0 Å². The first-order chi connectivity index (χ1) is 6.41. The molecule has 0 aliphatic carbocycles. The van der Waals surface area contributed by atoms with Crippen LogP contribution >= 0.6 is 0 Å². The third-order valence-electron chi connectivity index (χ3n) is 2.53. The Labute approximate surface area is 86.6 Å². The van der Waals surface area contributed by atoms with Crippen LogP contribution in [0.3, 0.4) is 0 Å². The minimum atomic E-state index is 0.247. The highest BCUT2D eigenvalue weighted by Crippen LogP contribution is 2.17. The van der Waals surface area contributed by atoms with E-state index in [1.165, 1.54) is 0 Å². The first kappa shape index (κ1) is 13.2. The predicted molar refractivity (Wildman–Crippen MR) is 59.6 cm³/mol. The number of nitrogens with two attached hydrogens (primary N) is 1. The summed E-state index contributed by atoms with van der Waals surface area (Å²) in [5, 5.41) is 14.7. The van der Waals surface area contributed by atoms with Crippen LogP contribution in [0.1, 0.15) is 40.5 Å². The molecule has 0 aliphatic heterocycles. The molecule has 4 heteroatoms. The average Bonchev–Trinajstić information content (AvgIpc) is 2.15. The number of oxime groups is 1. The monoisotopic (exact) mass is 201 g/mol. The molecule has 0 bridgehead atoms. The van der Waals surface area contributed by atoms with E-state index < -0.39 is 0 Å². The molecular weight excluding hydrogens is 178 g/mol. The van der Waals surface area contributed by atoms with E-state index in [0.29, 0.717) is 11.8 Å². The van der Waals surface area contributed by atoms with Gasteiger partial charge < -0.3 is 16.3 Å². The van der Waals surface area contributed by atoms with E-state index in [4.69, 9.17) is 10.9 Å². The third-order valence-corrected chi connectivity index (χ3v) is 2.53. The second-order valence-electron chi connectivity index (χ2n) is 4.60. The summed E-state index contributed by atoms with van der Waals surface area (Å²) >= 11 is 0. The molecule has 0 fully saturated rings. The molecule has 0 saturated carbocycles. The summed E-state index contributed by atoms with van der Waals surface area (Å²) in [6, 6.07) is 0.247. The summed E-state index contributed by atoms with van der Waals surface area (Å²) in [6.07, 6.45) is 1.71. The molecule has 4 nitrogen and oxygen atoms in total. The van der Waals surface area contributed by atoms with Crippen molar-refractivity contribution >= 4 is 5.84 Å². The van der Waals surface area contributed by atoms with Crippen LogP contribution in [0.4, 0.5) is 0 Å². The molecule has 0 heterocycles. The SMILES string of the molecule is CCC(C)(C)CNC(C)CC(N)=NO. The van der Waals surface area contributed by atoms with Gasteiger partial charge in [-0.3, -0.25) is 0 Å². The highest BCUT2D eigenvalue weighted by atomic mass is 16.4. The van der Waals surface area contributed by atoms with Gasteiger partial charge >= 0.3 is 0 Å². The molecule has 0 aromatic carbocycles. The van der Waals surface area contributed by atoms with Crippen LogP contribution in [-0.2, 0) is 0 Å². The lowest BCUT2D eigenvalue weighted by atomic mass is 9.90. The zero-order valence-electron chi connectivity index (χ0n) is 9.67. The van der Waals surface area contributed by atoms with Crippen molar-refractivity contribution in [3.63, 3.8) is 0 Å². The Hall–Kier alpha value is -0.770. The van der Waals surface area contributed by atoms with Crippen molar-refractivity contribution in [1.29, 1.82) is 0 Å². The molecule has 1 atom stereocenters. The van der Waals surface area contributed by atoms with E-state index >= 15 is 0 Å². The fourth-order valence-electron chi connectivity index (χ4n) is 1.00. The van der Waals surface area contributed by atoms with E-state index in [0.717, 1.165) is 13.0 Å². The van der Waals surface area contributed by atoms with Crippen molar-refractivity contribution in [2.45, 2.75) is 46.6 Å². The maximum absolute atomic E-state index is 8.39. The lowest BCUT2D eigenvalue weighted by Crippen LogP contribution is -2.37. The van der Waals surface area contributed by atoms with Crippen LogP contribution < -0.4 is 11.1 Å². The van der Waals surface area contributed by atoms with Crippen LogP contribution in [0.25, 0.3) is 0 Å². The number of hydrogen-bond acceptors (Lipinski definition) is 3. The van der Waals surface area contributed by atoms with Crippen LogP contribution in [0.2, 0.25) is 0 Å². The molecule has 0 amide bonds. The largest absolute Gasteiger partial charge is 0.409 e. The molecule has 0 saturated heterocycles. The summed E-state index contributed by atoms with van der Waals surface area (Å²) in [6.45, 7) is 9.59. The Bertz CT molecular complexity index is 190. The van der Waals surface area contributed by atoms with Crippen LogP contribution in [0.15, 0.2) is 5.16 Å². The summed E-state index contributed by atoms with van der Waals surface area (Å²) < 4.78 is 0. The van der Waals surface area contributed by atoms with Crippen LogP contribution in [0, 0.1) is 5.41 Å². The average molecular weight is 201 g/mol. The number of nitrogens with one attached hydrogen (secondary N) is 1. The lowest BCUT2D eigenvalue weighted by Gasteiger charge is -2.25. The van der Waals surface area contributed by atoms with Crippen molar-refractivity contribution in [2.24, 2.45) is 16.3 Å². The lowest BCUT2D eigenvalue weighted by molar-refractivity contribution is 0.306. The van der Waals surface area contributed by atoms with Crippen molar-refractivity contribution in [3.8, 4) is 0 Å². The highest BCUT2D eigenvalue weighted by molar-refractivity contribution is 5.80. The van der Waals surface area contributed by atoms with Gasteiger partial charge in [0.25, 0.3) is 0 Å². The number of nitrogens with zero attached hydrogens (tertiary/aromatic N) is 1. The Balaban J connectivity index is 3.80. The molecule has 0 spiro atoms.